The first-order valence-corrected chi connectivity index (χ1v) is 10.7. The molecule has 150 valence electrons. The molecule has 0 radical (unpaired) electrons. The highest BCUT2D eigenvalue weighted by Crippen LogP contribution is 2.12. The van der Waals surface area contributed by atoms with Crippen molar-refractivity contribution in [1.82, 2.24) is 0 Å². The Bertz CT molecular complexity index is 274. The van der Waals surface area contributed by atoms with E-state index in [1.54, 1.807) is 0 Å². The van der Waals surface area contributed by atoms with Crippen molar-refractivity contribution < 1.29 is 19.0 Å². The molecule has 4 nitrogen and oxygen atoms in total. The second kappa shape index (κ2) is 21.7. The van der Waals surface area contributed by atoms with Gasteiger partial charge in [-0.1, -0.05) is 71.1 Å². The fourth-order valence-corrected chi connectivity index (χ4v) is 2.71. The fourth-order valence-electron chi connectivity index (χ4n) is 2.60. The number of ether oxygens (including phenoxy) is 3. The van der Waals surface area contributed by atoms with Crippen LogP contribution in [0.25, 0.3) is 0 Å². The van der Waals surface area contributed by atoms with Gasteiger partial charge in [0.1, 0.15) is 6.61 Å². The van der Waals surface area contributed by atoms with Crippen LogP contribution < -0.4 is 0 Å². The summed E-state index contributed by atoms with van der Waals surface area (Å²) < 4.78 is 15.6. The molecule has 0 aliphatic heterocycles. The maximum atomic E-state index is 11.6. The van der Waals surface area contributed by atoms with Gasteiger partial charge in [-0.05, 0) is 6.42 Å². The van der Waals surface area contributed by atoms with Crippen LogP contribution in [-0.2, 0) is 19.0 Å². The summed E-state index contributed by atoms with van der Waals surface area (Å²) in [6.07, 6.45) is 14.7. The Labute approximate surface area is 159 Å². The molecule has 0 heterocycles. The lowest BCUT2D eigenvalue weighted by Crippen LogP contribution is -2.13. The van der Waals surface area contributed by atoms with Crippen molar-refractivity contribution in [2.75, 3.05) is 38.9 Å². The molecule has 0 amide bonds. The number of alkyl halides is 1. The SMILES string of the molecule is CCCCCCCCCCCCCC(=O)OCCOCCOCCCl. The maximum absolute atomic E-state index is 11.6. The molecule has 0 fully saturated rings. The number of hydrogen-bond donors (Lipinski definition) is 0. The lowest BCUT2D eigenvalue weighted by molar-refractivity contribution is -0.145. The van der Waals surface area contributed by atoms with Crippen LogP contribution in [0.5, 0.6) is 0 Å². The van der Waals surface area contributed by atoms with E-state index in [4.69, 9.17) is 25.8 Å². The monoisotopic (exact) mass is 378 g/mol. The minimum atomic E-state index is -0.113. The number of rotatable bonds is 20. The molecule has 0 unspecified atom stereocenters. The molecular weight excluding hydrogens is 340 g/mol. The zero-order valence-corrected chi connectivity index (χ0v) is 17.0. The number of halogens is 1. The summed E-state index contributed by atoms with van der Waals surface area (Å²) in [6.45, 7) is 4.58. The molecule has 0 rings (SSSR count). The molecule has 0 spiro atoms. The highest BCUT2D eigenvalue weighted by molar-refractivity contribution is 6.17. The van der Waals surface area contributed by atoms with Crippen LogP contribution in [0.3, 0.4) is 0 Å². The van der Waals surface area contributed by atoms with Crippen LogP contribution in [0.2, 0.25) is 0 Å². The van der Waals surface area contributed by atoms with Crippen molar-refractivity contribution in [2.24, 2.45) is 0 Å². The van der Waals surface area contributed by atoms with Crippen LogP contribution in [0, 0.1) is 0 Å². The van der Waals surface area contributed by atoms with Gasteiger partial charge in [-0.25, -0.2) is 0 Å². The first-order valence-electron chi connectivity index (χ1n) is 10.2. The standard InChI is InChI=1S/C20H39ClO4/c1-2-3-4-5-6-7-8-9-10-11-12-13-20(22)25-19-18-24-17-16-23-15-14-21/h2-19H2,1H3. The van der Waals surface area contributed by atoms with Gasteiger partial charge in [-0.2, -0.15) is 0 Å². The molecule has 0 aromatic rings. The quantitative estimate of drug-likeness (QED) is 0.159. The fraction of sp³-hybridized carbons (Fsp3) is 0.950. The average Bonchev–Trinajstić information content (AvgIpc) is 2.62. The van der Waals surface area contributed by atoms with Gasteiger partial charge in [0.25, 0.3) is 0 Å². The van der Waals surface area contributed by atoms with E-state index in [-0.39, 0.29) is 5.97 Å². The van der Waals surface area contributed by atoms with E-state index in [1.807, 2.05) is 0 Å². The van der Waals surface area contributed by atoms with Crippen LogP contribution in [0.1, 0.15) is 84.0 Å². The number of carbonyl (C=O) groups is 1. The molecule has 0 aromatic carbocycles. The molecule has 0 aromatic heterocycles. The summed E-state index contributed by atoms with van der Waals surface area (Å²) in [4.78, 5) is 11.6. The molecular formula is C20H39ClO4. The first kappa shape index (κ1) is 24.7. The van der Waals surface area contributed by atoms with Crippen molar-refractivity contribution in [3.05, 3.63) is 0 Å². The largest absolute Gasteiger partial charge is 0.463 e. The molecule has 5 heteroatoms. The van der Waals surface area contributed by atoms with Crippen molar-refractivity contribution in [1.29, 1.82) is 0 Å². The molecule has 25 heavy (non-hydrogen) atoms. The maximum Gasteiger partial charge on any atom is 0.305 e. The molecule has 0 saturated carbocycles. The van der Waals surface area contributed by atoms with E-state index < -0.39 is 0 Å². The first-order chi connectivity index (χ1) is 12.3. The Balaban J connectivity index is 3.13. The van der Waals surface area contributed by atoms with E-state index in [1.165, 1.54) is 57.8 Å². The van der Waals surface area contributed by atoms with Crippen molar-refractivity contribution in [3.63, 3.8) is 0 Å². The van der Waals surface area contributed by atoms with Gasteiger partial charge in [0.15, 0.2) is 0 Å². The lowest BCUT2D eigenvalue weighted by Gasteiger charge is -2.06. The Morgan fingerprint density at radius 1 is 0.680 bits per heavy atom. The number of carbonyl (C=O) groups excluding carboxylic acids is 1. The Kier molecular flexibility index (Phi) is 21.4. The second-order valence-corrected chi connectivity index (χ2v) is 6.80. The zero-order chi connectivity index (χ0) is 18.4. The summed E-state index contributed by atoms with van der Waals surface area (Å²) in [7, 11) is 0. The number of hydrogen-bond acceptors (Lipinski definition) is 4. The third kappa shape index (κ3) is 21.6. The molecule has 0 bridgehead atoms. The highest BCUT2D eigenvalue weighted by Gasteiger charge is 2.02. The molecule has 0 atom stereocenters. The van der Waals surface area contributed by atoms with Gasteiger partial charge < -0.3 is 14.2 Å². The van der Waals surface area contributed by atoms with Crippen LogP contribution in [0.4, 0.5) is 0 Å². The van der Waals surface area contributed by atoms with Crippen LogP contribution >= 0.6 is 11.6 Å². The third-order valence-electron chi connectivity index (χ3n) is 4.07. The van der Waals surface area contributed by atoms with Gasteiger partial charge in [-0.15, -0.1) is 11.6 Å². The van der Waals surface area contributed by atoms with Gasteiger partial charge in [0, 0.05) is 12.3 Å². The van der Waals surface area contributed by atoms with E-state index in [0.717, 1.165) is 12.8 Å². The van der Waals surface area contributed by atoms with E-state index in [9.17, 15) is 4.79 Å². The minimum absolute atomic E-state index is 0.113. The normalized spacial score (nSPS) is 11.0. The zero-order valence-electron chi connectivity index (χ0n) is 16.2. The number of unbranched alkanes of at least 4 members (excludes halogenated alkanes) is 10. The van der Waals surface area contributed by atoms with Crippen molar-refractivity contribution in [2.45, 2.75) is 84.0 Å². The third-order valence-corrected chi connectivity index (χ3v) is 4.22. The predicted molar refractivity (Wildman–Crippen MR) is 104 cm³/mol. The van der Waals surface area contributed by atoms with Crippen LogP contribution in [0.15, 0.2) is 0 Å². The average molecular weight is 379 g/mol. The van der Waals surface area contributed by atoms with Gasteiger partial charge in [0.2, 0.25) is 0 Å². The molecule has 0 N–H and O–H groups in total. The Morgan fingerprint density at radius 2 is 1.16 bits per heavy atom. The van der Waals surface area contributed by atoms with Gasteiger partial charge >= 0.3 is 5.97 Å². The van der Waals surface area contributed by atoms with Crippen molar-refractivity contribution in [3.8, 4) is 0 Å². The lowest BCUT2D eigenvalue weighted by atomic mass is 10.1. The highest BCUT2D eigenvalue weighted by atomic mass is 35.5. The van der Waals surface area contributed by atoms with E-state index >= 15 is 0 Å². The summed E-state index contributed by atoms with van der Waals surface area (Å²) in [5.74, 6) is 0.384. The molecule has 0 saturated heterocycles. The Morgan fingerprint density at radius 3 is 1.72 bits per heavy atom. The van der Waals surface area contributed by atoms with Crippen molar-refractivity contribution >= 4 is 17.6 Å². The Hall–Kier alpha value is -0.320. The number of esters is 1. The second-order valence-electron chi connectivity index (χ2n) is 6.42. The summed E-state index contributed by atoms with van der Waals surface area (Å²) in [5, 5.41) is 0. The van der Waals surface area contributed by atoms with Gasteiger partial charge in [-0.3, -0.25) is 4.79 Å². The smallest absolute Gasteiger partial charge is 0.305 e. The molecule has 0 aliphatic rings. The topological polar surface area (TPSA) is 44.8 Å². The van der Waals surface area contributed by atoms with Gasteiger partial charge in [0.05, 0.1) is 26.4 Å². The van der Waals surface area contributed by atoms with E-state index in [0.29, 0.717) is 45.3 Å². The summed E-state index contributed by atoms with van der Waals surface area (Å²) in [5.41, 5.74) is 0. The summed E-state index contributed by atoms with van der Waals surface area (Å²) >= 11 is 5.48. The molecule has 0 aliphatic carbocycles. The van der Waals surface area contributed by atoms with E-state index in [2.05, 4.69) is 6.92 Å². The summed E-state index contributed by atoms with van der Waals surface area (Å²) in [6, 6.07) is 0. The van der Waals surface area contributed by atoms with Crippen LogP contribution in [-0.4, -0.2) is 44.9 Å². The minimum Gasteiger partial charge on any atom is -0.463 e. The predicted octanol–water partition coefficient (Wildman–Crippen LogP) is 5.50.